The number of carbonyl (C=O) groups is 1. The fourth-order valence-electron chi connectivity index (χ4n) is 3.04. The van der Waals surface area contributed by atoms with Crippen LogP contribution in [0.4, 0.5) is 32.2 Å². The third-order valence-corrected chi connectivity index (χ3v) is 4.34. The Hall–Kier alpha value is -3.50. The minimum Gasteiger partial charge on any atom is -0.435 e. The average Bonchev–Trinajstić information content (AvgIpc) is 2.68. The summed E-state index contributed by atoms with van der Waals surface area (Å²) >= 11 is 0. The molecule has 0 aliphatic carbocycles. The van der Waals surface area contributed by atoms with E-state index in [1.807, 2.05) is 0 Å². The molecule has 11 heteroatoms. The minimum absolute atomic E-state index is 0.0319. The fraction of sp³-hybridized carbons (Fsp3) is 0.389. The predicted molar refractivity (Wildman–Crippen MR) is 102 cm³/mol. The zero-order valence-electron chi connectivity index (χ0n) is 15.7. The van der Waals surface area contributed by atoms with E-state index in [9.17, 15) is 19.3 Å². The quantitative estimate of drug-likeness (QED) is 0.438. The Morgan fingerprint density at radius 3 is 2.79 bits per heavy atom. The second-order valence-corrected chi connectivity index (χ2v) is 6.27. The van der Waals surface area contributed by atoms with E-state index in [-0.39, 0.29) is 30.0 Å². The van der Waals surface area contributed by atoms with Crippen molar-refractivity contribution in [3.8, 4) is 0 Å². The van der Waals surface area contributed by atoms with Gasteiger partial charge in [-0.05, 0) is 25.1 Å². The van der Waals surface area contributed by atoms with E-state index in [2.05, 4.69) is 15.3 Å². The Bertz CT molecular complexity index is 889. The number of aromatic nitrogens is 2. The number of piperidine rings is 1. The number of ether oxygens (including phenoxy) is 2. The largest absolute Gasteiger partial charge is 0.508 e. The van der Waals surface area contributed by atoms with Crippen LogP contribution < -0.4 is 10.2 Å². The molecule has 0 amide bonds. The van der Waals surface area contributed by atoms with Crippen LogP contribution in [0.1, 0.15) is 19.8 Å². The van der Waals surface area contributed by atoms with Crippen LogP contribution in [0.25, 0.3) is 0 Å². The molecule has 1 aromatic heterocycles. The summed E-state index contributed by atoms with van der Waals surface area (Å²) in [6.45, 7) is 2.72. The third kappa shape index (κ3) is 5.06. The Morgan fingerprint density at radius 1 is 1.38 bits per heavy atom. The van der Waals surface area contributed by atoms with Gasteiger partial charge in [-0.15, -0.1) is 0 Å². The molecule has 3 rings (SSSR count). The second-order valence-electron chi connectivity index (χ2n) is 6.27. The molecule has 29 heavy (non-hydrogen) atoms. The van der Waals surface area contributed by atoms with Crippen molar-refractivity contribution < 1.29 is 23.6 Å². The van der Waals surface area contributed by atoms with Crippen LogP contribution in [0, 0.1) is 15.9 Å². The van der Waals surface area contributed by atoms with Crippen LogP contribution in [-0.2, 0) is 9.47 Å². The van der Waals surface area contributed by atoms with Gasteiger partial charge in [-0.1, -0.05) is 6.07 Å². The van der Waals surface area contributed by atoms with Gasteiger partial charge in [0.15, 0.2) is 0 Å². The van der Waals surface area contributed by atoms with Crippen molar-refractivity contribution in [1.82, 2.24) is 9.97 Å². The standard InChI is InChI=1S/C18H20FN5O5/c1-2-28-18(25)29-14-6-8-23(9-7-14)17-15(24(26)27)16(20-11-21-17)22-13-5-3-4-12(19)10-13/h3-5,10-11,14H,2,6-9H2,1H3,(H,20,21,22). The van der Waals surface area contributed by atoms with Gasteiger partial charge in [-0.25, -0.2) is 19.2 Å². The average molecular weight is 405 g/mol. The first-order chi connectivity index (χ1) is 14.0. The van der Waals surface area contributed by atoms with Gasteiger partial charge in [0.1, 0.15) is 18.2 Å². The molecule has 2 aromatic rings. The maximum absolute atomic E-state index is 13.4. The molecule has 1 aliphatic heterocycles. The molecule has 1 fully saturated rings. The highest BCUT2D eigenvalue weighted by Crippen LogP contribution is 2.35. The van der Waals surface area contributed by atoms with Gasteiger partial charge in [0.05, 0.1) is 11.5 Å². The van der Waals surface area contributed by atoms with E-state index in [1.54, 1.807) is 17.9 Å². The summed E-state index contributed by atoms with van der Waals surface area (Å²) < 4.78 is 23.4. The lowest BCUT2D eigenvalue weighted by Crippen LogP contribution is -2.38. The summed E-state index contributed by atoms with van der Waals surface area (Å²) in [4.78, 5) is 32.4. The first kappa shape index (κ1) is 20.2. The molecule has 0 saturated carbocycles. The monoisotopic (exact) mass is 405 g/mol. The number of anilines is 3. The Labute approximate surface area is 165 Å². The lowest BCUT2D eigenvalue weighted by molar-refractivity contribution is -0.383. The highest BCUT2D eigenvalue weighted by Gasteiger charge is 2.31. The number of nitro groups is 1. The fourth-order valence-corrected chi connectivity index (χ4v) is 3.04. The highest BCUT2D eigenvalue weighted by atomic mass is 19.1. The van der Waals surface area contributed by atoms with E-state index in [0.29, 0.717) is 31.6 Å². The summed E-state index contributed by atoms with van der Waals surface area (Å²) in [5, 5.41) is 14.5. The van der Waals surface area contributed by atoms with E-state index < -0.39 is 16.9 Å². The number of hydrogen-bond acceptors (Lipinski definition) is 9. The molecule has 1 aromatic carbocycles. The molecule has 0 radical (unpaired) electrons. The number of halogens is 1. The van der Waals surface area contributed by atoms with Gasteiger partial charge in [-0.3, -0.25) is 10.1 Å². The smallest absolute Gasteiger partial charge is 0.435 e. The number of rotatable bonds is 6. The van der Waals surface area contributed by atoms with Crippen LogP contribution in [0.2, 0.25) is 0 Å². The minimum atomic E-state index is -0.722. The molecule has 1 saturated heterocycles. The van der Waals surface area contributed by atoms with Crippen LogP contribution in [-0.4, -0.2) is 46.8 Å². The molecule has 154 valence electrons. The van der Waals surface area contributed by atoms with Gasteiger partial charge < -0.3 is 19.7 Å². The van der Waals surface area contributed by atoms with Gasteiger partial charge in [0.2, 0.25) is 11.6 Å². The van der Waals surface area contributed by atoms with Crippen LogP contribution in [0.15, 0.2) is 30.6 Å². The van der Waals surface area contributed by atoms with Crippen LogP contribution >= 0.6 is 0 Å². The maximum Gasteiger partial charge on any atom is 0.508 e. The number of carbonyl (C=O) groups excluding carboxylic acids is 1. The zero-order valence-corrected chi connectivity index (χ0v) is 15.7. The predicted octanol–water partition coefficient (Wildman–Crippen LogP) is 3.41. The number of nitrogens with one attached hydrogen (secondary N) is 1. The summed E-state index contributed by atoms with van der Waals surface area (Å²) in [6, 6.07) is 5.55. The van der Waals surface area contributed by atoms with E-state index in [1.165, 1.54) is 24.5 Å². The summed E-state index contributed by atoms with van der Waals surface area (Å²) in [7, 11) is 0. The topological polar surface area (TPSA) is 120 Å². The lowest BCUT2D eigenvalue weighted by atomic mass is 10.1. The molecule has 1 N–H and O–H groups in total. The third-order valence-electron chi connectivity index (χ3n) is 4.34. The summed E-state index contributed by atoms with van der Waals surface area (Å²) in [6.07, 6.45) is 1.13. The first-order valence-electron chi connectivity index (χ1n) is 9.08. The van der Waals surface area contributed by atoms with Gasteiger partial charge >= 0.3 is 11.8 Å². The number of hydrogen-bond donors (Lipinski definition) is 1. The molecule has 0 unspecified atom stereocenters. The molecule has 0 bridgehead atoms. The van der Waals surface area contributed by atoms with E-state index >= 15 is 0 Å². The Kier molecular flexibility index (Phi) is 6.37. The van der Waals surface area contributed by atoms with E-state index in [4.69, 9.17) is 9.47 Å². The molecular weight excluding hydrogens is 385 g/mol. The van der Waals surface area contributed by atoms with Crippen LogP contribution in [0.5, 0.6) is 0 Å². The summed E-state index contributed by atoms with van der Waals surface area (Å²) in [5.74, 6) is -0.357. The molecule has 1 aliphatic rings. The van der Waals surface area contributed by atoms with Crippen molar-refractivity contribution in [2.75, 3.05) is 29.9 Å². The highest BCUT2D eigenvalue weighted by molar-refractivity contribution is 5.74. The van der Waals surface area contributed by atoms with Crippen molar-refractivity contribution in [2.45, 2.75) is 25.9 Å². The van der Waals surface area contributed by atoms with Gasteiger partial charge in [0, 0.05) is 31.6 Å². The maximum atomic E-state index is 13.4. The molecule has 2 heterocycles. The SMILES string of the molecule is CCOC(=O)OC1CCN(c2ncnc(Nc3cccc(F)c3)c2[N+](=O)[O-])CC1. The normalized spacial score (nSPS) is 14.3. The molecule has 0 spiro atoms. The molecular formula is C18H20FN5O5. The molecule has 10 nitrogen and oxygen atoms in total. The van der Waals surface area contributed by atoms with Gasteiger partial charge in [-0.2, -0.15) is 0 Å². The summed E-state index contributed by atoms with van der Waals surface area (Å²) in [5.41, 5.74) is 0.0285. The first-order valence-corrected chi connectivity index (χ1v) is 9.08. The van der Waals surface area contributed by atoms with Crippen molar-refractivity contribution in [2.24, 2.45) is 0 Å². The molecule has 0 atom stereocenters. The lowest BCUT2D eigenvalue weighted by Gasteiger charge is -2.31. The van der Waals surface area contributed by atoms with Crippen molar-refractivity contribution in [1.29, 1.82) is 0 Å². The second kappa shape index (κ2) is 9.13. The number of benzene rings is 1. The van der Waals surface area contributed by atoms with Crippen LogP contribution in [0.3, 0.4) is 0 Å². The van der Waals surface area contributed by atoms with Crippen molar-refractivity contribution >= 4 is 29.2 Å². The Balaban J connectivity index is 1.76. The number of nitrogens with zero attached hydrogens (tertiary/aromatic N) is 4. The van der Waals surface area contributed by atoms with Crippen molar-refractivity contribution in [3.05, 3.63) is 46.5 Å². The van der Waals surface area contributed by atoms with Crippen molar-refractivity contribution in [3.63, 3.8) is 0 Å². The van der Waals surface area contributed by atoms with E-state index in [0.717, 1.165) is 0 Å². The zero-order chi connectivity index (χ0) is 20.8. The van der Waals surface area contributed by atoms with Gasteiger partial charge in [0.25, 0.3) is 0 Å². The Morgan fingerprint density at radius 2 is 2.14 bits per heavy atom.